The van der Waals surface area contributed by atoms with E-state index in [0.29, 0.717) is 0 Å². The van der Waals surface area contributed by atoms with E-state index in [-0.39, 0.29) is 0 Å². The molecule has 0 atom stereocenters. The molecule has 3 N–H and O–H groups in total. The summed E-state index contributed by atoms with van der Waals surface area (Å²) in [5.74, 6) is 3.35. The van der Waals surface area contributed by atoms with Crippen molar-refractivity contribution in [2.24, 2.45) is 15.0 Å². The number of thiophene rings is 1. The van der Waals surface area contributed by atoms with Gasteiger partial charge in [-0.25, -0.2) is 0 Å². The van der Waals surface area contributed by atoms with Gasteiger partial charge in [0.2, 0.25) is 0 Å². The normalized spacial score (nSPS) is 15.2. The lowest BCUT2D eigenvalue weighted by molar-refractivity contribution is 0.616. The quantitative estimate of drug-likeness (QED) is 0.190. The lowest BCUT2D eigenvalue weighted by Crippen LogP contribution is -2.20. The lowest BCUT2D eigenvalue weighted by Gasteiger charge is -2.04. The van der Waals surface area contributed by atoms with E-state index >= 15 is 0 Å². The first-order chi connectivity index (χ1) is 22.8. The largest absolute Gasteiger partial charge is 0.464 e. The molecule has 9 rings (SSSR count). The van der Waals surface area contributed by atoms with Gasteiger partial charge in [0.05, 0.1) is 25.9 Å². The second kappa shape index (κ2) is 14.4. The number of benzene rings is 4. The highest BCUT2D eigenvalue weighted by Gasteiger charge is 2.10. The van der Waals surface area contributed by atoms with Crippen molar-refractivity contribution in [1.82, 2.24) is 16.0 Å². The van der Waals surface area contributed by atoms with Crippen molar-refractivity contribution in [2.75, 3.05) is 39.3 Å². The van der Waals surface area contributed by atoms with Gasteiger partial charge in [0.25, 0.3) is 0 Å². The zero-order valence-electron chi connectivity index (χ0n) is 25.8. The van der Waals surface area contributed by atoms with Gasteiger partial charge in [-0.2, -0.15) is 0 Å². The first-order valence-corrected chi connectivity index (χ1v) is 16.9. The summed E-state index contributed by atoms with van der Waals surface area (Å²) in [7, 11) is 0. The Balaban J connectivity index is 0.000000110. The van der Waals surface area contributed by atoms with Crippen molar-refractivity contribution < 1.29 is 4.42 Å². The fraction of sp³-hybridized carbons (Fsp3) is 0.237. The number of hydrogen-bond acceptors (Lipinski definition) is 8. The molecule has 5 heterocycles. The topological polar surface area (TPSA) is 86.3 Å². The average molecular weight is 627 g/mol. The molecule has 0 saturated heterocycles. The molecule has 0 amide bonds. The molecule has 6 aromatic rings. The SMILES string of the molecule is c1cc2cc(CC3=NCCN3)ccc2o1.c1ccc2c(CC3=NCCN3)csc2c1.c1ccc2cc(CC3=NCCN3)ccc2c1. The van der Waals surface area contributed by atoms with Crippen LogP contribution in [0.25, 0.3) is 31.8 Å². The third-order valence-corrected chi connectivity index (χ3v) is 9.24. The van der Waals surface area contributed by atoms with Gasteiger partial charge >= 0.3 is 0 Å². The molecule has 3 aliphatic heterocycles. The monoisotopic (exact) mass is 626 g/mol. The molecule has 7 nitrogen and oxygen atoms in total. The number of nitrogens with one attached hydrogen (secondary N) is 3. The maximum atomic E-state index is 5.30. The van der Waals surface area contributed by atoms with E-state index in [0.717, 1.165) is 87.0 Å². The van der Waals surface area contributed by atoms with Gasteiger partial charge in [-0.15, -0.1) is 11.3 Å². The number of nitrogens with zero attached hydrogens (tertiary/aromatic N) is 3. The first-order valence-electron chi connectivity index (χ1n) is 16.0. The van der Waals surface area contributed by atoms with E-state index in [2.05, 4.69) is 115 Å². The molecule has 46 heavy (non-hydrogen) atoms. The third kappa shape index (κ3) is 7.46. The summed E-state index contributed by atoms with van der Waals surface area (Å²) >= 11 is 1.81. The van der Waals surface area contributed by atoms with Crippen LogP contribution in [0.3, 0.4) is 0 Å². The molecule has 2 aromatic heterocycles. The van der Waals surface area contributed by atoms with Crippen LogP contribution in [-0.2, 0) is 19.3 Å². The summed E-state index contributed by atoms with van der Waals surface area (Å²) in [6.07, 6.45) is 4.48. The molecule has 0 unspecified atom stereocenters. The second-order valence-electron chi connectivity index (χ2n) is 11.5. The van der Waals surface area contributed by atoms with Crippen molar-refractivity contribution in [3.63, 3.8) is 0 Å². The Labute approximate surface area is 273 Å². The van der Waals surface area contributed by atoms with E-state index < -0.39 is 0 Å². The van der Waals surface area contributed by atoms with E-state index in [9.17, 15) is 0 Å². The van der Waals surface area contributed by atoms with Gasteiger partial charge in [0.15, 0.2) is 0 Å². The van der Waals surface area contributed by atoms with Crippen LogP contribution in [0.2, 0.25) is 0 Å². The molecule has 232 valence electrons. The van der Waals surface area contributed by atoms with Gasteiger partial charge in [-0.3, -0.25) is 15.0 Å². The Bertz CT molecular complexity index is 2040. The zero-order valence-corrected chi connectivity index (χ0v) is 26.7. The van der Waals surface area contributed by atoms with Crippen LogP contribution >= 0.6 is 11.3 Å². The zero-order chi connectivity index (χ0) is 31.0. The summed E-state index contributed by atoms with van der Waals surface area (Å²) in [4.78, 5) is 13.2. The standard InChI is InChI=1S/C14H14N2.C12H12N2O.C12H12N2S/c1-2-4-13-9-11(5-6-12(13)3-1)10-14-15-7-8-16-14;1-2-11-10(3-6-15-11)7-9(1)8-12-13-4-5-14-12;1-2-4-11-10(3-1)9(8-15-11)7-12-13-5-6-14-12/h1-6,9H,7-8,10H2,(H,15,16);1-3,6-7H,4-5,8H2,(H,13,14);1-4,8H,5-7H2,(H,13,14). The maximum Gasteiger partial charge on any atom is 0.133 e. The van der Waals surface area contributed by atoms with Crippen molar-refractivity contribution in [2.45, 2.75) is 19.3 Å². The fourth-order valence-corrected chi connectivity index (χ4v) is 6.87. The summed E-state index contributed by atoms with van der Waals surface area (Å²) in [6, 6.07) is 31.9. The Morgan fingerprint density at radius 3 is 1.89 bits per heavy atom. The molecule has 0 radical (unpaired) electrons. The summed E-state index contributed by atoms with van der Waals surface area (Å²) in [6.45, 7) is 5.72. The fourth-order valence-electron chi connectivity index (χ4n) is 5.91. The average Bonchev–Trinajstić information content (AvgIpc) is 3.94. The van der Waals surface area contributed by atoms with Crippen molar-refractivity contribution in [1.29, 1.82) is 0 Å². The molecule has 0 saturated carbocycles. The van der Waals surface area contributed by atoms with Gasteiger partial charge in [0, 0.05) is 49.0 Å². The van der Waals surface area contributed by atoms with E-state index in [1.807, 2.05) is 23.5 Å². The molecule has 0 bridgehead atoms. The van der Waals surface area contributed by atoms with Crippen LogP contribution < -0.4 is 16.0 Å². The molecular formula is C38H38N6OS. The Hall–Kier alpha value is -4.95. The predicted octanol–water partition coefficient (Wildman–Crippen LogP) is 6.81. The smallest absolute Gasteiger partial charge is 0.133 e. The number of hydrogen-bond donors (Lipinski definition) is 3. The molecule has 8 heteroatoms. The third-order valence-electron chi connectivity index (χ3n) is 8.22. The minimum atomic E-state index is 0.890. The minimum Gasteiger partial charge on any atom is -0.464 e. The Morgan fingerprint density at radius 1 is 0.587 bits per heavy atom. The van der Waals surface area contributed by atoms with Crippen molar-refractivity contribution in [3.8, 4) is 0 Å². The summed E-state index contributed by atoms with van der Waals surface area (Å²) in [5, 5.41) is 17.3. The number of rotatable bonds is 6. The van der Waals surface area contributed by atoms with E-state index in [4.69, 9.17) is 4.42 Å². The lowest BCUT2D eigenvalue weighted by atomic mass is 10.0. The predicted molar refractivity (Wildman–Crippen MR) is 194 cm³/mol. The molecule has 0 aliphatic carbocycles. The Kier molecular flexibility index (Phi) is 9.33. The number of furan rings is 1. The van der Waals surface area contributed by atoms with Crippen LogP contribution in [0, 0.1) is 0 Å². The Morgan fingerprint density at radius 2 is 1.20 bits per heavy atom. The van der Waals surface area contributed by atoms with E-state index in [1.165, 1.54) is 37.5 Å². The van der Waals surface area contributed by atoms with Crippen LogP contribution in [0.4, 0.5) is 0 Å². The van der Waals surface area contributed by atoms with Gasteiger partial charge in [-0.1, -0.05) is 66.7 Å². The first kappa shape index (κ1) is 29.7. The van der Waals surface area contributed by atoms with Gasteiger partial charge in [-0.05, 0) is 62.5 Å². The van der Waals surface area contributed by atoms with Crippen LogP contribution in [0.15, 0.2) is 122 Å². The summed E-state index contributed by atoms with van der Waals surface area (Å²) in [5.41, 5.74) is 4.94. The molecule has 0 spiro atoms. The highest BCUT2D eigenvalue weighted by molar-refractivity contribution is 7.17. The van der Waals surface area contributed by atoms with Crippen LogP contribution in [0.5, 0.6) is 0 Å². The number of amidine groups is 3. The molecule has 4 aromatic carbocycles. The molecule has 0 fully saturated rings. The highest BCUT2D eigenvalue weighted by atomic mass is 32.1. The van der Waals surface area contributed by atoms with Crippen LogP contribution in [0.1, 0.15) is 16.7 Å². The van der Waals surface area contributed by atoms with Gasteiger partial charge < -0.3 is 20.4 Å². The van der Waals surface area contributed by atoms with Gasteiger partial charge in [0.1, 0.15) is 23.1 Å². The van der Waals surface area contributed by atoms with Crippen molar-refractivity contribution in [3.05, 3.63) is 119 Å². The summed E-state index contributed by atoms with van der Waals surface area (Å²) < 4.78 is 6.66. The molecular weight excluding hydrogens is 589 g/mol. The van der Waals surface area contributed by atoms with E-state index in [1.54, 1.807) is 6.26 Å². The second-order valence-corrected chi connectivity index (χ2v) is 12.4. The highest BCUT2D eigenvalue weighted by Crippen LogP contribution is 2.26. The number of aliphatic imine (C=N–C) groups is 3. The maximum absolute atomic E-state index is 5.30. The number of fused-ring (bicyclic) bond motifs is 3. The van der Waals surface area contributed by atoms with Crippen molar-refractivity contribution >= 4 is 60.7 Å². The molecule has 3 aliphatic rings. The van der Waals surface area contributed by atoms with Crippen LogP contribution in [-0.4, -0.2) is 56.8 Å². The minimum absolute atomic E-state index is 0.890.